The lowest BCUT2D eigenvalue weighted by molar-refractivity contribution is -0.114. The van der Waals surface area contributed by atoms with E-state index < -0.39 is 8.32 Å². The molecule has 1 rings (SSSR count). The fraction of sp³-hybridized carbons (Fsp3) is 0.800. The second-order valence-electron chi connectivity index (χ2n) is 6.97. The summed E-state index contributed by atoms with van der Waals surface area (Å²) in [7, 11) is -1.81. The third-order valence-electron chi connectivity index (χ3n) is 4.30. The highest BCUT2D eigenvalue weighted by molar-refractivity contribution is 6.74. The first-order valence-corrected chi connectivity index (χ1v) is 9.92. The van der Waals surface area contributed by atoms with Crippen LogP contribution in [-0.2, 0) is 9.22 Å². The van der Waals surface area contributed by atoms with Gasteiger partial charge < -0.3 is 4.43 Å². The molecule has 0 aromatic heterocycles. The van der Waals surface area contributed by atoms with Gasteiger partial charge in [-0.15, -0.1) is 0 Å². The maximum absolute atomic E-state index is 12.0. The van der Waals surface area contributed by atoms with Crippen molar-refractivity contribution >= 4 is 14.1 Å². The number of rotatable bonds is 3. The van der Waals surface area contributed by atoms with Gasteiger partial charge in [-0.2, -0.15) is 0 Å². The molecule has 0 radical (unpaired) electrons. The van der Waals surface area contributed by atoms with Crippen LogP contribution in [0.4, 0.5) is 0 Å². The smallest absolute Gasteiger partial charge is 0.192 e. The molecule has 1 aliphatic carbocycles. The van der Waals surface area contributed by atoms with E-state index in [9.17, 15) is 4.79 Å². The van der Waals surface area contributed by atoms with E-state index in [1.165, 1.54) is 0 Å². The predicted molar refractivity (Wildman–Crippen MR) is 79.2 cm³/mol. The first-order valence-electron chi connectivity index (χ1n) is 7.01. The lowest BCUT2D eigenvalue weighted by Crippen LogP contribution is -2.45. The van der Waals surface area contributed by atoms with Gasteiger partial charge in [0.2, 0.25) is 0 Å². The quantitative estimate of drug-likeness (QED) is 0.563. The van der Waals surface area contributed by atoms with Crippen molar-refractivity contribution < 1.29 is 9.22 Å². The van der Waals surface area contributed by atoms with Crippen LogP contribution in [0, 0.1) is 5.92 Å². The summed E-state index contributed by atoms with van der Waals surface area (Å²) in [4.78, 5) is 12.0. The Kier molecular flexibility index (Phi) is 4.60. The zero-order chi connectivity index (χ0) is 14.1. The molecule has 1 saturated carbocycles. The monoisotopic (exact) mass is 268 g/mol. The summed E-state index contributed by atoms with van der Waals surface area (Å²) >= 11 is 0. The third-order valence-corrected chi connectivity index (χ3v) is 8.76. The summed E-state index contributed by atoms with van der Waals surface area (Å²) in [6.07, 6.45) is 3.64. The van der Waals surface area contributed by atoms with Crippen molar-refractivity contribution in [2.75, 3.05) is 0 Å². The van der Waals surface area contributed by atoms with E-state index in [-0.39, 0.29) is 16.9 Å². The molecule has 0 saturated heterocycles. The van der Waals surface area contributed by atoms with Gasteiger partial charge in [-0.05, 0) is 30.5 Å². The van der Waals surface area contributed by atoms with Gasteiger partial charge in [-0.1, -0.05) is 40.7 Å². The molecule has 0 aromatic rings. The highest BCUT2D eigenvalue weighted by atomic mass is 28.4. The first kappa shape index (κ1) is 15.6. The van der Waals surface area contributed by atoms with Crippen LogP contribution in [0.15, 0.2) is 11.6 Å². The molecule has 0 bridgehead atoms. The van der Waals surface area contributed by atoms with Gasteiger partial charge >= 0.3 is 0 Å². The molecular weight excluding hydrogens is 240 g/mol. The van der Waals surface area contributed by atoms with Crippen LogP contribution >= 0.6 is 0 Å². The molecule has 0 aromatic carbocycles. The SMILES string of the molecule is CCC=C1C(=O)CC(C)C1O[Si](C)(C)C(C)(C)C. The topological polar surface area (TPSA) is 26.3 Å². The van der Waals surface area contributed by atoms with Gasteiger partial charge in [-0.3, -0.25) is 4.79 Å². The van der Waals surface area contributed by atoms with Gasteiger partial charge in [0.05, 0.1) is 6.10 Å². The Bertz CT molecular complexity index is 350. The van der Waals surface area contributed by atoms with Crippen molar-refractivity contribution in [2.24, 2.45) is 5.92 Å². The second kappa shape index (κ2) is 5.30. The molecule has 2 atom stereocenters. The summed E-state index contributed by atoms with van der Waals surface area (Å²) in [5.74, 6) is 0.609. The highest BCUT2D eigenvalue weighted by Gasteiger charge is 2.44. The van der Waals surface area contributed by atoms with Gasteiger partial charge in [-0.25, -0.2) is 0 Å². The van der Waals surface area contributed by atoms with Crippen LogP contribution in [0.3, 0.4) is 0 Å². The Morgan fingerprint density at radius 3 is 2.39 bits per heavy atom. The minimum Gasteiger partial charge on any atom is -0.410 e. The molecule has 2 nitrogen and oxygen atoms in total. The maximum Gasteiger partial charge on any atom is 0.192 e. The van der Waals surface area contributed by atoms with Crippen LogP contribution < -0.4 is 0 Å². The van der Waals surface area contributed by atoms with Crippen molar-refractivity contribution in [2.45, 2.75) is 71.7 Å². The minimum atomic E-state index is -1.81. The first-order chi connectivity index (χ1) is 8.10. The Morgan fingerprint density at radius 2 is 1.94 bits per heavy atom. The number of ketones is 1. The van der Waals surface area contributed by atoms with Crippen molar-refractivity contribution in [3.05, 3.63) is 11.6 Å². The number of carbonyl (C=O) groups is 1. The van der Waals surface area contributed by atoms with Crippen LogP contribution in [-0.4, -0.2) is 20.2 Å². The number of hydrogen-bond acceptors (Lipinski definition) is 2. The third kappa shape index (κ3) is 3.12. The van der Waals surface area contributed by atoms with Gasteiger partial charge in [0.25, 0.3) is 0 Å². The summed E-state index contributed by atoms with van der Waals surface area (Å²) in [6.45, 7) is 15.4. The molecule has 0 spiro atoms. The number of Topliss-reactive ketones (excluding diaryl/α,β-unsaturated/α-hetero) is 1. The lowest BCUT2D eigenvalue weighted by Gasteiger charge is -2.39. The zero-order valence-electron chi connectivity index (χ0n) is 13.0. The molecule has 18 heavy (non-hydrogen) atoms. The number of hydrogen-bond donors (Lipinski definition) is 0. The van der Waals surface area contributed by atoms with Gasteiger partial charge in [0.1, 0.15) is 0 Å². The molecule has 1 fully saturated rings. The Labute approximate surface area is 113 Å². The fourth-order valence-corrected chi connectivity index (χ4v) is 3.45. The van der Waals surface area contributed by atoms with Crippen molar-refractivity contribution in [3.8, 4) is 0 Å². The lowest BCUT2D eigenvalue weighted by atomic mass is 10.1. The van der Waals surface area contributed by atoms with Crippen LogP contribution in [0.25, 0.3) is 0 Å². The molecule has 0 aliphatic heterocycles. The zero-order valence-corrected chi connectivity index (χ0v) is 14.0. The standard InChI is InChI=1S/C15H28O2Si/c1-8-9-12-13(16)10-11(2)14(12)17-18(6,7)15(3,4)5/h9,11,14H,8,10H2,1-7H3. The van der Waals surface area contributed by atoms with Crippen molar-refractivity contribution in [1.82, 2.24) is 0 Å². The van der Waals surface area contributed by atoms with E-state index >= 15 is 0 Å². The average molecular weight is 268 g/mol. The minimum absolute atomic E-state index is 0.0262. The second-order valence-corrected chi connectivity index (χ2v) is 11.7. The highest BCUT2D eigenvalue weighted by Crippen LogP contribution is 2.41. The van der Waals surface area contributed by atoms with Crippen molar-refractivity contribution in [3.63, 3.8) is 0 Å². The van der Waals surface area contributed by atoms with Crippen LogP contribution in [0.5, 0.6) is 0 Å². The molecule has 0 heterocycles. The van der Waals surface area contributed by atoms with E-state index in [0.717, 1.165) is 12.0 Å². The molecule has 1 aliphatic rings. The van der Waals surface area contributed by atoms with E-state index in [2.05, 4.69) is 53.8 Å². The summed E-state index contributed by atoms with van der Waals surface area (Å²) in [6, 6.07) is 0. The molecule has 0 N–H and O–H groups in total. The van der Waals surface area contributed by atoms with Crippen molar-refractivity contribution in [1.29, 1.82) is 0 Å². The van der Waals surface area contributed by atoms with Crippen LogP contribution in [0.1, 0.15) is 47.5 Å². The molecule has 2 unspecified atom stereocenters. The summed E-state index contributed by atoms with van der Waals surface area (Å²) < 4.78 is 6.46. The van der Waals surface area contributed by atoms with E-state index in [1.54, 1.807) is 0 Å². The molecule has 104 valence electrons. The number of allylic oxidation sites excluding steroid dienone is 1. The molecule has 0 amide bonds. The van der Waals surface area contributed by atoms with Gasteiger partial charge in [0, 0.05) is 12.0 Å². The Hall–Kier alpha value is -0.413. The largest absolute Gasteiger partial charge is 0.410 e. The van der Waals surface area contributed by atoms with Gasteiger partial charge in [0.15, 0.2) is 14.1 Å². The summed E-state index contributed by atoms with van der Waals surface area (Å²) in [5, 5.41) is 0.190. The maximum atomic E-state index is 12.0. The normalized spacial score (nSPS) is 28.2. The summed E-state index contributed by atoms with van der Waals surface area (Å²) in [5.41, 5.74) is 0.926. The predicted octanol–water partition coefficient (Wildman–Crippen LogP) is 4.32. The number of carbonyl (C=O) groups excluding carboxylic acids is 1. The van der Waals surface area contributed by atoms with E-state index in [0.29, 0.717) is 12.3 Å². The van der Waals surface area contributed by atoms with Crippen LogP contribution in [0.2, 0.25) is 18.1 Å². The Morgan fingerprint density at radius 1 is 1.39 bits per heavy atom. The average Bonchev–Trinajstić information content (AvgIpc) is 2.43. The fourth-order valence-electron chi connectivity index (χ4n) is 2.11. The van der Waals surface area contributed by atoms with E-state index in [4.69, 9.17) is 4.43 Å². The molecular formula is C15H28O2Si. The Balaban J connectivity index is 2.95. The van der Waals surface area contributed by atoms with E-state index in [1.807, 2.05) is 0 Å². The molecule has 3 heteroatoms.